The predicted octanol–water partition coefficient (Wildman–Crippen LogP) is 5.53. The number of fused-ring (bicyclic) bond motifs is 2. The summed E-state index contributed by atoms with van der Waals surface area (Å²) in [6.07, 6.45) is 5.41. The number of piperidine rings is 1. The van der Waals surface area contributed by atoms with Crippen LogP contribution in [-0.2, 0) is 6.42 Å². The van der Waals surface area contributed by atoms with E-state index in [1.54, 1.807) is 6.26 Å². The van der Waals surface area contributed by atoms with E-state index in [9.17, 15) is 0 Å². The van der Waals surface area contributed by atoms with Crippen LogP contribution < -0.4 is 4.74 Å². The molecule has 1 saturated heterocycles. The Balaban J connectivity index is 1.33. The Kier molecular flexibility index (Phi) is 5.62. The standard InChI is InChI=1S/C26H25ClN6O2/c1-15-29-20-4-3-18(12-22(20)30-15)35-24-6-5-21-26(25(24)27)31-23(13-28-21)19-14-33(2)9-7-16(19)11-17-8-10-34-32-17/h3-6,8,10,12-13,16,19H,7,9,11,14H2,1-2H3,(H,29,30). The molecule has 0 saturated carbocycles. The van der Waals surface area contributed by atoms with Crippen LogP contribution in [0.1, 0.15) is 29.6 Å². The van der Waals surface area contributed by atoms with Crippen molar-refractivity contribution in [1.82, 2.24) is 30.0 Å². The van der Waals surface area contributed by atoms with Crippen molar-refractivity contribution in [1.29, 1.82) is 0 Å². The summed E-state index contributed by atoms with van der Waals surface area (Å²) < 4.78 is 11.2. The number of rotatable bonds is 5. The molecule has 5 aromatic rings. The maximum absolute atomic E-state index is 6.82. The summed E-state index contributed by atoms with van der Waals surface area (Å²) >= 11 is 6.82. The minimum atomic E-state index is 0.217. The van der Waals surface area contributed by atoms with Gasteiger partial charge in [-0.05, 0) is 63.5 Å². The number of likely N-dealkylation sites (tertiary alicyclic amines) is 1. The van der Waals surface area contributed by atoms with Gasteiger partial charge in [-0.2, -0.15) is 0 Å². The molecular formula is C26H25ClN6O2. The summed E-state index contributed by atoms with van der Waals surface area (Å²) in [6, 6.07) is 11.4. The predicted molar refractivity (Wildman–Crippen MR) is 134 cm³/mol. The maximum atomic E-state index is 6.82. The van der Waals surface area contributed by atoms with Crippen molar-refractivity contribution >= 4 is 33.7 Å². The van der Waals surface area contributed by atoms with Crippen LogP contribution in [0.25, 0.3) is 22.1 Å². The number of aromatic nitrogens is 5. The highest BCUT2D eigenvalue weighted by atomic mass is 35.5. The van der Waals surface area contributed by atoms with Crippen molar-refractivity contribution in [2.45, 2.75) is 25.7 Å². The van der Waals surface area contributed by atoms with Gasteiger partial charge in [0.2, 0.25) is 0 Å². The first-order valence-corrected chi connectivity index (χ1v) is 12.1. The minimum Gasteiger partial charge on any atom is -0.456 e. The molecule has 0 amide bonds. The van der Waals surface area contributed by atoms with Gasteiger partial charge >= 0.3 is 0 Å². The van der Waals surface area contributed by atoms with Crippen molar-refractivity contribution in [3.63, 3.8) is 0 Å². The largest absolute Gasteiger partial charge is 0.456 e. The minimum absolute atomic E-state index is 0.217. The van der Waals surface area contributed by atoms with Crippen LogP contribution in [-0.4, -0.2) is 50.1 Å². The summed E-state index contributed by atoms with van der Waals surface area (Å²) in [5, 5.41) is 4.58. The molecule has 2 aromatic carbocycles. The van der Waals surface area contributed by atoms with Gasteiger partial charge in [-0.3, -0.25) is 4.98 Å². The molecule has 0 spiro atoms. The average Bonchev–Trinajstić information content (AvgIpc) is 3.50. The zero-order valence-electron chi connectivity index (χ0n) is 19.5. The summed E-state index contributed by atoms with van der Waals surface area (Å²) in [5.74, 6) is 2.69. The first-order chi connectivity index (χ1) is 17.0. The van der Waals surface area contributed by atoms with Gasteiger partial charge < -0.3 is 19.1 Å². The van der Waals surface area contributed by atoms with E-state index in [4.69, 9.17) is 30.8 Å². The van der Waals surface area contributed by atoms with E-state index in [0.29, 0.717) is 28.0 Å². The van der Waals surface area contributed by atoms with Gasteiger partial charge in [0.15, 0.2) is 0 Å². The van der Waals surface area contributed by atoms with E-state index in [1.807, 2.05) is 49.5 Å². The van der Waals surface area contributed by atoms with Crippen molar-refractivity contribution in [2.24, 2.45) is 5.92 Å². The average molecular weight is 489 g/mol. The van der Waals surface area contributed by atoms with Gasteiger partial charge in [-0.1, -0.05) is 16.8 Å². The Morgan fingerprint density at radius 1 is 1.17 bits per heavy atom. The maximum Gasteiger partial charge on any atom is 0.148 e. The molecule has 0 bridgehead atoms. The van der Waals surface area contributed by atoms with E-state index in [0.717, 1.165) is 59.7 Å². The number of benzene rings is 2. The highest BCUT2D eigenvalue weighted by Crippen LogP contribution is 2.37. The number of aryl methyl sites for hydroxylation is 1. The van der Waals surface area contributed by atoms with Gasteiger partial charge in [0.05, 0.1) is 27.9 Å². The molecule has 1 aliphatic heterocycles. The number of H-pyrrole nitrogens is 1. The molecule has 8 nitrogen and oxygen atoms in total. The van der Waals surface area contributed by atoms with Crippen LogP contribution in [0.15, 0.2) is 53.4 Å². The van der Waals surface area contributed by atoms with Crippen molar-refractivity contribution in [3.8, 4) is 11.5 Å². The molecule has 9 heteroatoms. The van der Waals surface area contributed by atoms with Crippen LogP contribution in [0.3, 0.4) is 0 Å². The van der Waals surface area contributed by atoms with E-state index < -0.39 is 0 Å². The zero-order valence-corrected chi connectivity index (χ0v) is 20.3. The zero-order chi connectivity index (χ0) is 23.9. The van der Waals surface area contributed by atoms with E-state index in [1.165, 1.54) is 0 Å². The van der Waals surface area contributed by atoms with Gasteiger partial charge in [0.25, 0.3) is 0 Å². The van der Waals surface area contributed by atoms with Gasteiger partial charge in [0.1, 0.15) is 34.1 Å². The third kappa shape index (κ3) is 4.35. The summed E-state index contributed by atoms with van der Waals surface area (Å²) in [5.41, 5.74) is 5.10. The Labute approximate surface area is 207 Å². The number of nitrogens with one attached hydrogen (secondary N) is 1. The molecule has 0 aliphatic carbocycles. The molecule has 178 valence electrons. The molecule has 0 radical (unpaired) electrons. The van der Waals surface area contributed by atoms with Gasteiger partial charge in [-0.25, -0.2) is 9.97 Å². The Morgan fingerprint density at radius 3 is 2.91 bits per heavy atom. The fourth-order valence-corrected chi connectivity index (χ4v) is 5.20. The number of hydrogen-bond acceptors (Lipinski definition) is 7. The number of likely N-dealkylation sites (N-methyl/N-ethyl adjacent to an activating group) is 1. The smallest absolute Gasteiger partial charge is 0.148 e. The van der Waals surface area contributed by atoms with Crippen LogP contribution in [0, 0.1) is 12.8 Å². The van der Waals surface area contributed by atoms with Crippen molar-refractivity contribution < 1.29 is 9.26 Å². The van der Waals surface area contributed by atoms with Crippen molar-refractivity contribution in [2.75, 3.05) is 20.1 Å². The quantitative estimate of drug-likeness (QED) is 0.348. The molecule has 1 N–H and O–H groups in total. The topological polar surface area (TPSA) is 93.0 Å². The number of imidazole rings is 1. The number of aromatic amines is 1. The summed E-state index contributed by atoms with van der Waals surface area (Å²) in [4.78, 5) is 19.7. The molecular weight excluding hydrogens is 464 g/mol. The molecule has 4 heterocycles. The number of hydrogen-bond donors (Lipinski definition) is 1. The summed E-state index contributed by atoms with van der Waals surface area (Å²) in [6.45, 7) is 3.87. The third-order valence-electron chi connectivity index (χ3n) is 6.74. The highest BCUT2D eigenvalue weighted by Gasteiger charge is 2.31. The van der Waals surface area contributed by atoms with Crippen molar-refractivity contribution in [3.05, 3.63) is 71.1 Å². The fraction of sp³-hybridized carbons (Fsp3) is 0.308. The molecule has 6 rings (SSSR count). The summed E-state index contributed by atoms with van der Waals surface area (Å²) in [7, 11) is 2.14. The first kappa shape index (κ1) is 22.0. The normalized spacial score (nSPS) is 18.9. The van der Waals surface area contributed by atoms with Crippen LogP contribution in [0.4, 0.5) is 0 Å². The van der Waals surface area contributed by atoms with E-state index >= 15 is 0 Å². The third-order valence-corrected chi connectivity index (χ3v) is 7.10. The Morgan fingerprint density at radius 2 is 2.06 bits per heavy atom. The Bertz CT molecular complexity index is 1500. The van der Waals surface area contributed by atoms with Gasteiger partial charge in [-0.15, -0.1) is 0 Å². The van der Waals surface area contributed by atoms with Crippen LogP contribution >= 0.6 is 11.6 Å². The first-order valence-electron chi connectivity index (χ1n) is 11.7. The molecule has 35 heavy (non-hydrogen) atoms. The Hall–Kier alpha value is -3.49. The highest BCUT2D eigenvalue weighted by molar-refractivity contribution is 6.36. The SMILES string of the molecule is Cc1nc2ccc(Oc3ccc4ncc(C5CN(C)CCC5Cc5ccon5)nc4c3Cl)cc2[nH]1. The molecule has 1 aliphatic rings. The second-order valence-electron chi connectivity index (χ2n) is 9.26. The second-order valence-corrected chi connectivity index (χ2v) is 9.63. The molecule has 1 fully saturated rings. The number of ether oxygens (including phenoxy) is 1. The molecule has 2 atom stereocenters. The lowest BCUT2D eigenvalue weighted by atomic mass is 9.80. The molecule has 2 unspecified atom stereocenters. The number of nitrogens with zero attached hydrogens (tertiary/aromatic N) is 5. The monoisotopic (exact) mass is 488 g/mol. The molecule has 3 aromatic heterocycles. The lowest BCUT2D eigenvalue weighted by Gasteiger charge is -2.36. The van der Waals surface area contributed by atoms with Gasteiger partial charge in [0, 0.05) is 30.8 Å². The van der Waals surface area contributed by atoms with Crippen LogP contribution in [0.2, 0.25) is 5.02 Å². The van der Waals surface area contributed by atoms with E-state index in [2.05, 4.69) is 27.1 Å². The van der Waals surface area contributed by atoms with Crippen LogP contribution in [0.5, 0.6) is 11.5 Å². The second kappa shape index (κ2) is 8.94. The number of halogens is 1. The lowest BCUT2D eigenvalue weighted by molar-refractivity contribution is 0.184. The van der Waals surface area contributed by atoms with E-state index in [-0.39, 0.29) is 5.92 Å². The fourth-order valence-electron chi connectivity index (χ4n) is 4.96. The lowest BCUT2D eigenvalue weighted by Crippen LogP contribution is -2.38.